The van der Waals surface area contributed by atoms with Gasteiger partial charge in [-0.05, 0) is 36.8 Å². The van der Waals surface area contributed by atoms with Crippen LogP contribution in [0, 0.1) is 19.3 Å². The van der Waals surface area contributed by atoms with E-state index < -0.39 is 0 Å². The van der Waals surface area contributed by atoms with Crippen LogP contribution >= 0.6 is 0 Å². The van der Waals surface area contributed by atoms with E-state index in [0.29, 0.717) is 0 Å². The molecule has 0 spiro atoms. The summed E-state index contributed by atoms with van der Waals surface area (Å²) < 4.78 is 0. The van der Waals surface area contributed by atoms with E-state index in [1.165, 1.54) is 22.3 Å². The molecule has 0 nitrogen and oxygen atoms in total. The lowest BCUT2D eigenvalue weighted by molar-refractivity contribution is 0.547. The summed E-state index contributed by atoms with van der Waals surface area (Å²) in [7, 11) is 0. The lowest BCUT2D eigenvalue weighted by Gasteiger charge is -2.10. The van der Waals surface area contributed by atoms with Crippen LogP contribution in [0.1, 0.15) is 63.8 Å². The molecule has 0 N–H and O–H groups in total. The Bertz CT molecular complexity index is 597. The molecule has 0 aliphatic rings. The molecule has 0 unspecified atom stereocenters. The van der Waals surface area contributed by atoms with Gasteiger partial charge in [0.15, 0.2) is 0 Å². The Hall–Kier alpha value is -1.82. The zero-order valence-corrected chi connectivity index (χ0v) is 17.0. The summed E-state index contributed by atoms with van der Waals surface area (Å²) in [5.74, 6) is 0. The normalized spacial score (nSPS) is 10.5. The molecule has 0 atom stereocenters. The third-order valence-electron chi connectivity index (χ3n) is 3.31. The van der Waals surface area contributed by atoms with E-state index in [1.54, 1.807) is 0 Å². The maximum atomic E-state index is 2.24. The van der Waals surface area contributed by atoms with Gasteiger partial charge in [0.2, 0.25) is 0 Å². The predicted octanol–water partition coefficient (Wildman–Crippen LogP) is 7.64. The third-order valence-corrected chi connectivity index (χ3v) is 3.31. The van der Waals surface area contributed by atoms with Crippen LogP contribution in [0.5, 0.6) is 0 Å². The molecule has 2 aromatic rings. The largest absolute Gasteiger partial charge is 0.0785 e. The Morgan fingerprint density at radius 2 is 1.38 bits per heavy atom. The molecular formula is C24H36. The monoisotopic (exact) mass is 324 g/mol. The Balaban J connectivity index is 0.000000420. The highest BCUT2D eigenvalue weighted by molar-refractivity contribution is 5.50. The molecule has 0 aromatic heterocycles. The third kappa shape index (κ3) is 10.8. The zero-order valence-electron chi connectivity index (χ0n) is 17.0. The lowest BCUT2D eigenvalue weighted by Crippen LogP contribution is -1.97. The highest BCUT2D eigenvalue weighted by Gasteiger charge is 2.02. The number of hydrogen-bond acceptors (Lipinski definition) is 0. The molecule has 0 amide bonds. The van der Waals surface area contributed by atoms with Crippen molar-refractivity contribution in [3.05, 3.63) is 76.9 Å². The van der Waals surface area contributed by atoms with Crippen molar-refractivity contribution in [2.24, 2.45) is 5.41 Å². The minimum atomic E-state index is 0.268. The van der Waals surface area contributed by atoms with Crippen LogP contribution < -0.4 is 0 Å². The van der Waals surface area contributed by atoms with Crippen LogP contribution in [0.15, 0.2) is 54.6 Å². The number of rotatable bonds is 2. The molecule has 0 fully saturated rings. The fourth-order valence-electron chi connectivity index (χ4n) is 2.05. The first-order valence-corrected chi connectivity index (χ1v) is 9.11. The minimum absolute atomic E-state index is 0.268. The van der Waals surface area contributed by atoms with Gasteiger partial charge in [0, 0.05) is 0 Å². The van der Waals surface area contributed by atoms with Gasteiger partial charge in [-0.2, -0.15) is 0 Å². The predicted molar refractivity (Wildman–Crippen MR) is 112 cm³/mol. The van der Waals surface area contributed by atoms with E-state index in [1.807, 2.05) is 13.8 Å². The number of allylic oxidation sites excluding steroid dienone is 1. The molecule has 0 aliphatic heterocycles. The summed E-state index contributed by atoms with van der Waals surface area (Å²) in [6.45, 7) is 17.0. The van der Waals surface area contributed by atoms with Crippen LogP contribution in [-0.2, 0) is 6.42 Å². The lowest BCUT2D eigenvalue weighted by atomic mass is 9.95. The van der Waals surface area contributed by atoms with E-state index >= 15 is 0 Å². The van der Waals surface area contributed by atoms with Gasteiger partial charge < -0.3 is 0 Å². The maximum Gasteiger partial charge on any atom is -0.0200 e. The van der Waals surface area contributed by atoms with Crippen molar-refractivity contribution < 1.29 is 0 Å². The fourth-order valence-corrected chi connectivity index (χ4v) is 2.05. The zero-order chi connectivity index (χ0) is 18.6. The average Bonchev–Trinajstić information content (AvgIpc) is 2.55. The van der Waals surface area contributed by atoms with Gasteiger partial charge in [-0.1, -0.05) is 113 Å². The maximum absolute atomic E-state index is 2.24. The van der Waals surface area contributed by atoms with Gasteiger partial charge >= 0.3 is 0 Å². The first-order valence-electron chi connectivity index (χ1n) is 9.11. The second-order valence-electron chi connectivity index (χ2n) is 6.96. The Kier molecular flexibility index (Phi) is 10.8. The van der Waals surface area contributed by atoms with Crippen molar-refractivity contribution in [3.8, 4) is 0 Å². The standard InChI is InChI=1S/C13H18.C9H12.C2H6/c1-11-6-5-7-12(10-11)8-9-13(2,3)4;1-3-9-6-4-5-8(2)7-9;1-2/h5-10H,1-4H3;4-7H,3H2,1-2H3;1-2H3/b9-8+;;. The van der Waals surface area contributed by atoms with Crippen molar-refractivity contribution in [3.63, 3.8) is 0 Å². The van der Waals surface area contributed by atoms with Crippen molar-refractivity contribution >= 4 is 6.08 Å². The van der Waals surface area contributed by atoms with Gasteiger partial charge in [0.25, 0.3) is 0 Å². The number of benzene rings is 2. The Labute approximate surface area is 150 Å². The first-order chi connectivity index (χ1) is 11.3. The van der Waals surface area contributed by atoms with Crippen LogP contribution in [0.3, 0.4) is 0 Å². The topological polar surface area (TPSA) is 0 Å². The van der Waals surface area contributed by atoms with Gasteiger partial charge in [-0.3, -0.25) is 0 Å². The minimum Gasteiger partial charge on any atom is -0.0785 e. The first kappa shape index (κ1) is 22.2. The molecule has 0 heterocycles. The Morgan fingerprint density at radius 3 is 1.79 bits per heavy atom. The van der Waals surface area contributed by atoms with E-state index in [4.69, 9.17) is 0 Å². The number of aryl methyl sites for hydroxylation is 3. The highest BCUT2D eigenvalue weighted by atomic mass is 14.1. The molecule has 0 saturated carbocycles. The second-order valence-corrected chi connectivity index (χ2v) is 6.96. The van der Waals surface area contributed by atoms with Crippen molar-refractivity contribution in [1.82, 2.24) is 0 Å². The smallest absolute Gasteiger partial charge is 0.0200 e. The van der Waals surface area contributed by atoms with Crippen LogP contribution in [-0.4, -0.2) is 0 Å². The molecule has 132 valence electrons. The fraction of sp³-hybridized carbons (Fsp3) is 0.417. The summed E-state index contributed by atoms with van der Waals surface area (Å²) >= 11 is 0. The molecule has 0 aliphatic carbocycles. The van der Waals surface area contributed by atoms with Crippen LogP contribution in [0.2, 0.25) is 0 Å². The van der Waals surface area contributed by atoms with Crippen molar-refractivity contribution in [2.45, 2.75) is 61.8 Å². The van der Waals surface area contributed by atoms with Gasteiger partial charge in [0.1, 0.15) is 0 Å². The summed E-state index contributed by atoms with van der Waals surface area (Å²) in [4.78, 5) is 0. The van der Waals surface area contributed by atoms with E-state index in [2.05, 4.69) is 102 Å². The molecule has 0 bridgehead atoms. The SMILES string of the molecule is CC.CCc1cccc(C)c1.Cc1cccc(/C=C/C(C)(C)C)c1. The molecule has 0 heteroatoms. The number of hydrogen-bond donors (Lipinski definition) is 0. The highest BCUT2D eigenvalue weighted by Crippen LogP contribution is 2.17. The summed E-state index contributed by atoms with van der Waals surface area (Å²) in [5, 5.41) is 0. The summed E-state index contributed by atoms with van der Waals surface area (Å²) in [5.41, 5.74) is 5.65. The molecular weight excluding hydrogens is 288 g/mol. The average molecular weight is 325 g/mol. The van der Waals surface area contributed by atoms with Gasteiger partial charge in [-0.15, -0.1) is 0 Å². The molecule has 0 saturated heterocycles. The second kappa shape index (κ2) is 11.7. The quantitative estimate of drug-likeness (QED) is 0.532. The summed E-state index contributed by atoms with van der Waals surface area (Å²) in [6.07, 6.45) is 5.57. The Morgan fingerprint density at radius 1 is 0.833 bits per heavy atom. The molecule has 2 aromatic carbocycles. The van der Waals surface area contributed by atoms with Gasteiger partial charge in [0.05, 0.1) is 0 Å². The van der Waals surface area contributed by atoms with E-state index in [0.717, 1.165) is 6.42 Å². The van der Waals surface area contributed by atoms with E-state index in [-0.39, 0.29) is 5.41 Å². The van der Waals surface area contributed by atoms with Crippen LogP contribution in [0.4, 0.5) is 0 Å². The van der Waals surface area contributed by atoms with Crippen molar-refractivity contribution in [1.29, 1.82) is 0 Å². The van der Waals surface area contributed by atoms with Gasteiger partial charge in [-0.25, -0.2) is 0 Å². The van der Waals surface area contributed by atoms with Crippen molar-refractivity contribution in [2.75, 3.05) is 0 Å². The molecule has 2 rings (SSSR count). The van der Waals surface area contributed by atoms with Crippen LogP contribution in [0.25, 0.3) is 6.08 Å². The molecule has 0 radical (unpaired) electrons. The summed E-state index contributed by atoms with van der Waals surface area (Å²) in [6, 6.07) is 17.2. The van der Waals surface area contributed by atoms with E-state index in [9.17, 15) is 0 Å². The molecule has 24 heavy (non-hydrogen) atoms.